The van der Waals surface area contributed by atoms with E-state index in [9.17, 15) is 9.90 Å². The van der Waals surface area contributed by atoms with E-state index in [0.29, 0.717) is 6.42 Å². The van der Waals surface area contributed by atoms with Crippen molar-refractivity contribution in [3.8, 4) is 0 Å². The van der Waals surface area contributed by atoms with E-state index >= 15 is 0 Å². The van der Waals surface area contributed by atoms with Gasteiger partial charge >= 0.3 is 5.97 Å². The van der Waals surface area contributed by atoms with Gasteiger partial charge in [0, 0.05) is 0 Å². The molecule has 0 aliphatic carbocycles. The maximum absolute atomic E-state index is 11.3. The van der Waals surface area contributed by atoms with Crippen molar-refractivity contribution in [2.45, 2.75) is 32.2 Å². The van der Waals surface area contributed by atoms with Gasteiger partial charge in [-0.2, -0.15) is 0 Å². The van der Waals surface area contributed by atoms with Crippen LogP contribution in [0.4, 0.5) is 0 Å². The second kappa shape index (κ2) is 7.06. The Morgan fingerprint density at radius 1 is 1.20 bits per heavy atom. The molecule has 0 amide bonds. The van der Waals surface area contributed by atoms with Gasteiger partial charge in [0.25, 0.3) is 0 Å². The number of rotatable bonds is 7. The summed E-state index contributed by atoms with van der Waals surface area (Å²) in [5.41, 5.74) is 1.06. The van der Waals surface area contributed by atoms with Gasteiger partial charge in [-0.15, -0.1) is 0 Å². The second-order valence-corrected chi connectivity index (χ2v) is 5.08. The van der Waals surface area contributed by atoms with Gasteiger partial charge in [0.05, 0.1) is 0 Å². The largest absolute Gasteiger partial charge is 0.480 e. The van der Waals surface area contributed by atoms with Gasteiger partial charge in [0.1, 0.15) is 6.04 Å². The van der Waals surface area contributed by atoms with Gasteiger partial charge in [-0.25, -0.2) is 0 Å². The molecule has 0 radical (unpaired) electrons. The van der Waals surface area contributed by atoms with Crippen LogP contribution in [0.25, 0.3) is 10.8 Å². The van der Waals surface area contributed by atoms with Crippen LogP contribution in [0.5, 0.6) is 0 Å². The average Bonchev–Trinajstić information content (AvgIpc) is 2.46. The van der Waals surface area contributed by atoms with Crippen molar-refractivity contribution in [2.75, 3.05) is 6.54 Å². The SMILES string of the molecule is CCCCNC(Cc1ccc2ccccc2c1)C(=O)O. The van der Waals surface area contributed by atoms with Crippen LogP contribution in [0.15, 0.2) is 42.5 Å². The second-order valence-electron chi connectivity index (χ2n) is 5.08. The first-order chi connectivity index (χ1) is 9.70. The Morgan fingerprint density at radius 3 is 2.65 bits per heavy atom. The molecule has 2 aromatic rings. The minimum absolute atomic E-state index is 0.511. The van der Waals surface area contributed by atoms with Gasteiger partial charge in [0.15, 0.2) is 0 Å². The Hall–Kier alpha value is -1.87. The molecule has 0 aliphatic heterocycles. The number of carbonyl (C=O) groups is 1. The number of benzene rings is 2. The van der Waals surface area contributed by atoms with Gasteiger partial charge in [-0.05, 0) is 35.7 Å². The molecule has 0 bridgehead atoms. The number of carboxylic acids is 1. The van der Waals surface area contributed by atoms with E-state index in [4.69, 9.17) is 0 Å². The topological polar surface area (TPSA) is 49.3 Å². The summed E-state index contributed by atoms with van der Waals surface area (Å²) in [5.74, 6) is -0.783. The molecule has 1 atom stereocenters. The average molecular weight is 271 g/mol. The fraction of sp³-hybridized carbons (Fsp3) is 0.353. The maximum atomic E-state index is 11.3. The van der Waals surface area contributed by atoms with E-state index in [0.717, 1.165) is 30.3 Å². The van der Waals surface area contributed by atoms with E-state index in [1.165, 1.54) is 5.39 Å². The van der Waals surface area contributed by atoms with Crippen LogP contribution in [0.2, 0.25) is 0 Å². The molecular formula is C17H21NO2. The van der Waals surface area contributed by atoms with E-state index in [1.54, 1.807) is 0 Å². The zero-order valence-corrected chi connectivity index (χ0v) is 11.8. The Kier molecular flexibility index (Phi) is 5.13. The van der Waals surface area contributed by atoms with Crippen LogP contribution in [0, 0.1) is 0 Å². The first-order valence-corrected chi connectivity index (χ1v) is 7.14. The molecule has 0 saturated carbocycles. The highest BCUT2D eigenvalue weighted by atomic mass is 16.4. The summed E-state index contributed by atoms with van der Waals surface area (Å²) >= 11 is 0. The normalized spacial score (nSPS) is 12.4. The Bertz CT molecular complexity index is 580. The van der Waals surface area contributed by atoms with E-state index in [1.807, 2.05) is 18.2 Å². The lowest BCUT2D eigenvalue weighted by atomic mass is 10.0. The molecular weight excluding hydrogens is 250 g/mol. The van der Waals surface area contributed by atoms with E-state index < -0.39 is 12.0 Å². The van der Waals surface area contributed by atoms with Gasteiger partial charge < -0.3 is 10.4 Å². The predicted octanol–water partition coefficient (Wildman–Crippen LogP) is 3.23. The molecule has 20 heavy (non-hydrogen) atoms. The number of nitrogens with one attached hydrogen (secondary N) is 1. The molecule has 0 aromatic heterocycles. The standard InChI is InChI=1S/C17H21NO2/c1-2-3-10-18-16(17(19)20)12-13-8-9-14-6-4-5-7-15(14)11-13/h4-9,11,16,18H,2-3,10,12H2,1H3,(H,19,20). The van der Waals surface area contributed by atoms with Crippen molar-refractivity contribution >= 4 is 16.7 Å². The van der Waals surface area contributed by atoms with Gasteiger partial charge in [-0.3, -0.25) is 4.79 Å². The number of carboxylic acid groups (broad SMARTS) is 1. The molecule has 0 heterocycles. The van der Waals surface area contributed by atoms with Crippen molar-refractivity contribution in [3.63, 3.8) is 0 Å². The fourth-order valence-corrected chi connectivity index (χ4v) is 2.30. The van der Waals surface area contributed by atoms with Crippen LogP contribution < -0.4 is 5.32 Å². The Labute approximate surface area is 119 Å². The van der Waals surface area contributed by atoms with E-state index in [2.05, 4.69) is 36.5 Å². The summed E-state index contributed by atoms with van der Waals surface area (Å²) in [6.45, 7) is 2.85. The van der Waals surface area contributed by atoms with Crippen LogP contribution in [-0.2, 0) is 11.2 Å². The van der Waals surface area contributed by atoms with Crippen LogP contribution in [0.3, 0.4) is 0 Å². The van der Waals surface area contributed by atoms with Crippen molar-refractivity contribution in [1.82, 2.24) is 5.32 Å². The molecule has 0 fully saturated rings. The first kappa shape index (κ1) is 14.5. The third kappa shape index (κ3) is 3.81. The number of aliphatic carboxylic acids is 1. The highest BCUT2D eigenvalue weighted by Crippen LogP contribution is 2.16. The molecule has 0 spiro atoms. The highest BCUT2D eigenvalue weighted by molar-refractivity contribution is 5.83. The van der Waals surface area contributed by atoms with Gasteiger partial charge in [0.2, 0.25) is 0 Å². The highest BCUT2D eigenvalue weighted by Gasteiger charge is 2.16. The zero-order chi connectivity index (χ0) is 14.4. The lowest BCUT2D eigenvalue weighted by molar-refractivity contribution is -0.139. The number of hydrogen-bond donors (Lipinski definition) is 2. The minimum Gasteiger partial charge on any atom is -0.480 e. The summed E-state index contributed by atoms with van der Waals surface area (Å²) in [5, 5.41) is 14.7. The lowest BCUT2D eigenvalue weighted by Gasteiger charge is -2.14. The number of unbranched alkanes of at least 4 members (excludes halogenated alkanes) is 1. The molecule has 0 aliphatic rings. The summed E-state index contributed by atoms with van der Waals surface area (Å²) in [6.07, 6.45) is 2.58. The zero-order valence-electron chi connectivity index (χ0n) is 11.8. The third-order valence-corrected chi connectivity index (χ3v) is 3.47. The monoisotopic (exact) mass is 271 g/mol. The van der Waals surface area contributed by atoms with Crippen molar-refractivity contribution in [2.24, 2.45) is 0 Å². The van der Waals surface area contributed by atoms with Crippen LogP contribution in [0.1, 0.15) is 25.3 Å². The van der Waals surface area contributed by atoms with Crippen molar-refractivity contribution in [3.05, 3.63) is 48.0 Å². The summed E-state index contributed by atoms with van der Waals surface area (Å²) < 4.78 is 0. The first-order valence-electron chi connectivity index (χ1n) is 7.14. The number of hydrogen-bond acceptors (Lipinski definition) is 2. The Balaban J connectivity index is 2.09. The molecule has 2 N–H and O–H groups in total. The summed E-state index contributed by atoms with van der Waals surface area (Å²) in [7, 11) is 0. The molecule has 2 rings (SSSR count). The van der Waals surface area contributed by atoms with Crippen LogP contribution in [-0.4, -0.2) is 23.7 Å². The number of fused-ring (bicyclic) bond motifs is 1. The quantitative estimate of drug-likeness (QED) is 0.760. The molecule has 0 saturated heterocycles. The molecule has 2 aromatic carbocycles. The molecule has 1 unspecified atom stereocenters. The summed E-state index contributed by atoms with van der Waals surface area (Å²) in [6, 6.07) is 13.8. The summed E-state index contributed by atoms with van der Waals surface area (Å²) in [4.78, 5) is 11.3. The smallest absolute Gasteiger partial charge is 0.321 e. The van der Waals surface area contributed by atoms with Gasteiger partial charge in [-0.1, -0.05) is 55.8 Å². The third-order valence-electron chi connectivity index (χ3n) is 3.47. The minimum atomic E-state index is -0.783. The predicted molar refractivity (Wildman–Crippen MR) is 82.0 cm³/mol. The van der Waals surface area contributed by atoms with Crippen molar-refractivity contribution < 1.29 is 9.90 Å². The van der Waals surface area contributed by atoms with Crippen molar-refractivity contribution in [1.29, 1.82) is 0 Å². The Morgan fingerprint density at radius 2 is 1.95 bits per heavy atom. The van der Waals surface area contributed by atoms with E-state index in [-0.39, 0.29) is 0 Å². The maximum Gasteiger partial charge on any atom is 0.321 e. The molecule has 3 heteroatoms. The van der Waals surface area contributed by atoms with Crippen LogP contribution >= 0.6 is 0 Å². The lowest BCUT2D eigenvalue weighted by Crippen LogP contribution is -2.39. The fourth-order valence-electron chi connectivity index (χ4n) is 2.30. The molecule has 106 valence electrons. The molecule has 3 nitrogen and oxygen atoms in total.